The lowest BCUT2D eigenvalue weighted by molar-refractivity contribution is -0.140. The molecule has 2 heterocycles. The standard InChI is InChI=1S/C19H29N5O3/c1-13-6-18(2,3)12-19(7-13)16(26)24(17(27)21-19)11-15(25)22(4)9-14-8-20-23(5)10-14/h8,10,13H,6-7,9,11-12H2,1-5H3,(H,21,27)/t13-,19-/m0/s1. The van der Waals surface area contributed by atoms with Crippen LogP contribution in [0.5, 0.6) is 0 Å². The number of hydrogen-bond donors (Lipinski definition) is 1. The van der Waals surface area contributed by atoms with Gasteiger partial charge >= 0.3 is 6.03 Å². The first-order valence-electron chi connectivity index (χ1n) is 9.37. The highest BCUT2D eigenvalue weighted by molar-refractivity contribution is 6.09. The van der Waals surface area contributed by atoms with Crippen molar-refractivity contribution < 1.29 is 14.4 Å². The van der Waals surface area contributed by atoms with Gasteiger partial charge < -0.3 is 10.2 Å². The van der Waals surface area contributed by atoms with E-state index in [1.807, 2.05) is 13.2 Å². The fourth-order valence-corrected chi connectivity index (χ4v) is 4.82. The molecule has 1 aliphatic carbocycles. The molecule has 1 spiro atoms. The Labute approximate surface area is 159 Å². The van der Waals surface area contributed by atoms with Crippen LogP contribution in [0, 0.1) is 11.3 Å². The number of aryl methyl sites for hydroxylation is 1. The number of rotatable bonds is 4. The zero-order valence-electron chi connectivity index (χ0n) is 16.8. The van der Waals surface area contributed by atoms with Crippen molar-refractivity contribution in [2.45, 2.75) is 52.1 Å². The van der Waals surface area contributed by atoms with Crippen LogP contribution in [-0.4, -0.2) is 56.6 Å². The zero-order chi connectivity index (χ0) is 20.0. The van der Waals surface area contributed by atoms with E-state index in [1.165, 1.54) is 4.90 Å². The van der Waals surface area contributed by atoms with Crippen LogP contribution in [0.3, 0.4) is 0 Å². The van der Waals surface area contributed by atoms with Gasteiger partial charge in [-0.2, -0.15) is 5.10 Å². The lowest BCUT2D eigenvalue weighted by atomic mass is 9.64. The number of aromatic nitrogens is 2. The Morgan fingerprint density at radius 3 is 2.67 bits per heavy atom. The number of imide groups is 1. The fraction of sp³-hybridized carbons (Fsp3) is 0.684. The molecule has 148 valence electrons. The summed E-state index contributed by atoms with van der Waals surface area (Å²) in [6.07, 6.45) is 5.77. The summed E-state index contributed by atoms with van der Waals surface area (Å²) < 4.78 is 1.67. The highest BCUT2D eigenvalue weighted by Crippen LogP contribution is 2.46. The topological polar surface area (TPSA) is 87.5 Å². The lowest BCUT2D eigenvalue weighted by Crippen LogP contribution is -2.54. The van der Waals surface area contributed by atoms with E-state index >= 15 is 0 Å². The van der Waals surface area contributed by atoms with E-state index in [9.17, 15) is 14.4 Å². The second-order valence-electron chi connectivity index (χ2n) is 9.03. The molecule has 1 aliphatic heterocycles. The highest BCUT2D eigenvalue weighted by Gasteiger charge is 2.56. The molecule has 2 aliphatic rings. The molecule has 0 radical (unpaired) electrons. The van der Waals surface area contributed by atoms with Crippen molar-refractivity contribution in [1.82, 2.24) is 24.9 Å². The number of nitrogens with one attached hydrogen (secondary N) is 1. The van der Waals surface area contributed by atoms with Crippen molar-refractivity contribution in [3.05, 3.63) is 18.0 Å². The van der Waals surface area contributed by atoms with E-state index in [0.717, 1.165) is 16.9 Å². The molecule has 0 aromatic carbocycles. The maximum absolute atomic E-state index is 13.1. The quantitative estimate of drug-likeness (QED) is 0.808. The van der Waals surface area contributed by atoms with Gasteiger partial charge in [0.05, 0.1) is 6.20 Å². The fourth-order valence-electron chi connectivity index (χ4n) is 4.82. The van der Waals surface area contributed by atoms with Crippen LogP contribution in [0.15, 0.2) is 12.4 Å². The smallest absolute Gasteiger partial charge is 0.325 e. The normalized spacial score (nSPS) is 27.1. The average molecular weight is 375 g/mol. The molecule has 8 nitrogen and oxygen atoms in total. The summed E-state index contributed by atoms with van der Waals surface area (Å²) in [5.74, 6) is -0.209. The van der Waals surface area contributed by atoms with Crippen molar-refractivity contribution in [3.63, 3.8) is 0 Å². The minimum Gasteiger partial charge on any atom is -0.340 e. The van der Waals surface area contributed by atoms with Crippen LogP contribution in [0.4, 0.5) is 4.79 Å². The van der Waals surface area contributed by atoms with Gasteiger partial charge in [0.2, 0.25) is 5.91 Å². The van der Waals surface area contributed by atoms with E-state index < -0.39 is 11.6 Å². The van der Waals surface area contributed by atoms with Crippen molar-refractivity contribution in [2.24, 2.45) is 18.4 Å². The number of urea groups is 1. The van der Waals surface area contributed by atoms with E-state index in [0.29, 0.717) is 25.3 Å². The highest BCUT2D eigenvalue weighted by atomic mass is 16.2. The second-order valence-corrected chi connectivity index (χ2v) is 9.03. The number of hydrogen-bond acceptors (Lipinski definition) is 4. The minimum absolute atomic E-state index is 0.0300. The number of likely N-dealkylation sites (N-methyl/N-ethyl adjacent to an activating group) is 1. The van der Waals surface area contributed by atoms with Crippen molar-refractivity contribution in [3.8, 4) is 0 Å². The Morgan fingerprint density at radius 1 is 1.37 bits per heavy atom. The molecular formula is C19H29N5O3. The largest absolute Gasteiger partial charge is 0.340 e. The van der Waals surface area contributed by atoms with Crippen molar-refractivity contribution in [2.75, 3.05) is 13.6 Å². The van der Waals surface area contributed by atoms with Gasteiger partial charge in [-0.05, 0) is 30.6 Å². The summed E-state index contributed by atoms with van der Waals surface area (Å²) in [7, 11) is 3.47. The first kappa shape index (κ1) is 19.4. The molecule has 1 aromatic rings. The number of carbonyl (C=O) groups excluding carboxylic acids is 3. The summed E-state index contributed by atoms with van der Waals surface area (Å²) >= 11 is 0. The van der Waals surface area contributed by atoms with Crippen molar-refractivity contribution >= 4 is 17.8 Å². The van der Waals surface area contributed by atoms with Gasteiger partial charge in [-0.25, -0.2) is 4.79 Å². The van der Waals surface area contributed by atoms with Crippen LogP contribution in [0.25, 0.3) is 0 Å². The van der Waals surface area contributed by atoms with Gasteiger partial charge in [-0.3, -0.25) is 19.2 Å². The summed E-state index contributed by atoms with van der Waals surface area (Å²) in [6.45, 7) is 6.50. The van der Waals surface area contributed by atoms with Gasteiger partial charge in [0.15, 0.2) is 0 Å². The van der Waals surface area contributed by atoms with Crippen LogP contribution < -0.4 is 5.32 Å². The molecule has 27 heavy (non-hydrogen) atoms. The second kappa shape index (κ2) is 6.65. The van der Waals surface area contributed by atoms with E-state index in [2.05, 4.69) is 31.2 Å². The first-order valence-corrected chi connectivity index (χ1v) is 9.37. The zero-order valence-corrected chi connectivity index (χ0v) is 16.8. The van der Waals surface area contributed by atoms with E-state index in [-0.39, 0.29) is 23.8 Å². The maximum atomic E-state index is 13.1. The molecular weight excluding hydrogens is 346 g/mol. The predicted octanol–water partition coefficient (Wildman–Crippen LogP) is 1.52. The molecule has 8 heteroatoms. The molecule has 0 unspecified atom stereocenters. The molecule has 3 rings (SSSR count). The molecule has 2 atom stereocenters. The molecule has 1 saturated carbocycles. The Balaban J connectivity index is 1.69. The molecule has 2 fully saturated rings. The SMILES string of the molecule is C[C@H]1CC(C)(C)C[C@]2(C1)NC(=O)N(CC(=O)N(C)Cc1cnn(C)c1)C2=O. The minimum atomic E-state index is -0.875. The monoisotopic (exact) mass is 375 g/mol. The summed E-state index contributed by atoms with van der Waals surface area (Å²) in [5, 5.41) is 6.99. The van der Waals surface area contributed by atoms with Gasteiger partial charge in [0.25, 0.3) is 5.91 Å². The maximum Gasteiger partial charge on any atom is 0.325 e. The van der Waals surface area contributed by atoms with Gasteiger partial charge in [-0.15, -0.1) is 0 Å². The Kier molecular flexibility index (Phi) is 4.78. The first-order chi connectivity index (χ1) is 12.5. The van der Waals surface area contributed by atoms with Crippen LogP contribution in [0.2, 0.25) is 0 Å². The van der Waals surface area contributed by atoms with Gasteiger partial charge in [0.1, 0.15) is 12.1 Å². The number of amides is 4. The number of carbonyl (C=O) groups is 3. The van der Waals surface area contributed by atoms with Crippen LogP contribution >= 0.6 is 0 Å². The Bertz CT molecular complexity index is 771. The third-order valence-electron chi connectivity index (χ3n) is 5.52. The molecule has 1 saturated heterocycles. The summed E-state index contributed by atoms with van der Waals surface area (Å²) in [4.78, 5) is 40.8. The third-order valence-corrected chi connectivity index (χ3v) is 5.52. The molecule has 1 aromatic heterocycles. The van der Waals surface area contributed by atoms with Crippen LogP contribution in [0.1, 0.15) is 45.6 Å². The van der Waals surface area contributed by atoms with E-state index in [1.54, 1.807) is 17.9 Å². The summed E-state index contributed by atoms with van der Waals surface area (Å²) in [5.41, 5.74) is -0.0112. The van der Waals surface area contributed by atoms with Gasteiger partial charge in [0, 0.05) is 32.4 Å². The molecule has 1 N–H and O–H groups in total. The Hall–Kier alpha value is -2.38. The molecule has 0 bridgehead atoms. The predicted molar refractivity (Wildman–Crippen MR) is 99.5 cm³/mol. The average Bonchev–Trinajstić information content (AvgIpc) is 3.02. The third kappa shape index (κ3) is 3.84. The summed E-state index contributed by atoms with van der Waals surface area (Å²) in [6, 6.07) is -0.465. The van der Waals surface area contributed by atoms with E-state index in [4.69, 9.17) is 0 Å². The van der Waals surface area contributed by atoms with Crippen LogP contribution in [-0.2, 0) is 23.2 Å². The van der Waals surface area contributed by atoms with Gasteiger partial charge in [-0.1, -0.05) is 20.8 Å². The lowest BCUT2D eigenvalue weighted by Gasteiger charge is -2.43. The molecule has 4 amide bonds. The van der Waals surface area contributed by atoms with Crippen molar-refractivity contribution in [1.29, 1.82) is 0 Å². The number of nitrogens with zero attached hydrogens (tertiary/aromatic N) is 4. The Morgan fingerprint density at radius 2 is 2.07 bits per heavy atom.